The minimum Gasteiger partial charge on any atom is -0.505 e. The number of aromatic nitrogens is 1. The van der Waals surface area contributed by atoms with Crippen molar-refractivity contribution in [3.8, 4) is 5.75 Å². The Kier molecular flexibility index (Phi) is 3.77. The van der Waals surface area contributed by atoms with Crippen LogP contribution in [0.15, 0.2) is 6.07 Å². The Hall–Kier alpha value is -0.750. The Balaban J connectivity index is 3.27. The Morgan fingerprint density at radius 2 is 2.14 bits per heavy atom. The number of nitrogens with zero attached hydrogens (tertiary/aromatic N) is 1. The first-order valence-corrected chi connectivity index (χ1v) is 4.89. The van der Waals surface area contributed by atoms with Crippen molar-refractivity contribution in [2.75, 3.05) is 0 Å². The van der Waals surface area contributed by atoms with Crippen LogP contribution in [0, 0.1) is 0 Å². The van der Waals surface area contributed by atoms with Gasteiger partial charge in [0.15, 0.2) is 0 Å². The van der Waals surface area contributed by atoms with E-state index in [9.17, 15) is 13.9 Å². The van der Waals surface area contributed by atoms with Crippen molar-refractivity contribution in [3.05, 3.63) is 23.0 Å². The van der Waals surface area contributed by atoms with Gasteiger partial charge in [0.05, 0.1) is 17.9 Å². The molecular formula is C8H8BrF2NO2. The van der Waals surface area contributed by atoms with Gasteiger partial charge < -0.3 is 10.2 Å². The van der Waals surface area contributed by atoms with Gasteiger partial charge in [-0.2, -0.15) is 0 Å². The molecule has 0 aliphatic carbocycles. The van der Waals surface area contributed by atoms with Crippen molar-refractivity contribution < 1.29 is 19.0 Å². The Labute approximate surface area is 87.5 Å². The number of hydrogen-bond donors (Lipinski definition) is 2. The summed E-state index contributed by atoms with van der Waals surface area (Å²) >= 11 is 3.06. The van der Waals surface area contributed by atoms with Crippen LogP contribution in [0.3, 0.4) is 0 Å². The molecule has 0 aromatic carbocycles. The van der Waals surface area contributed by atoms with Crippen molar-refractivity contribution in [2.24, 2.45) is 0 Å². The zero-order valence-corrected chi connectivity index (χ0v) is 8.63. The van der Waals surface area contributed by atoms with Gasteiger partial charge in [-0.25, -0.2) is 8.78 Å². The maximum Gasteiger partial charge on any atom is 0.267 e. The van der Waals surface area contributed by atoms with Crippen molar-refractivity contribution in [2.45, 2.75) is 18.4 Å². The van der Waals surface area contributed by atoms with Gasteiger partial charge in [0.25, 0.3) is 6.43 Å². The molecule has 1 aromatic heterocycles. The molecule has 3 nitrogen and oxygen atoms in total. The number of hydrogen-bond acceptors (Lipinski definition) is 3. The average Bonchev–Trinajstić information content (AvgIpc) is 2.17. The lowest BCUT2D eigenvalue weighted by Crippen LogP contribution is -1.99. The smallest absolute Gasteiger partial charge is 0.267 e. The van der Waals surface area contributed by atoms with Gasteiger partial charge in [-0.3, -0.25) is 4.98 Å². The summed E-state index contributed by atoms with van der Waals surface area (Å²) in [5.74, 6) is -0.632. The van der Waals surface area contributed by atoms with Gasteiger partial charge in [0.2, 0.25) is 0 Å². The molecule has 0 saturated heterocycles. The minimum atomic E-state index is -2.78. The third-order valence-corrected chi connectivity index (χ3v) is 2.24. The molecule has 0 amide bonds. The van der Waals surface area contributed by atoms with E-state index >= 15 is 0 Å². The molecule has 0 spiro atoms. The average molecular weight is 268 g/mol. The van der Waals surface area contributed by atoms with E-state index in [1.54, 1.807) is 0 Å². The van der Waals surface area contributed by atoms with E-state index in [-0.39, 0.29) is 5.69 Å². The van der Waals surface area contributed by atoms with Crippen LogP contribution in [0.5, 0.6) is 5.75 Å². The molecular weight excluding hydrogens is 260 g/mol. The fraction of sp³-hybridized carbons (Fsp3) is 0.375. The summed E-state index contributed by atoms with van der Waals surface area (Å²) in [6.07, 6.45) is -2.78. The third kappa shape index (κ3) is 2.19. The molecule has 0 bridgehead atoms. The Morgan fingerprint density at radius 1 is 1.50 bits per heavy atom. The van der Waals surface area contributed by atoms with E-state index in [4.69, 9.17) is 5.11 Å². The lowest BCUT2D eigenvalue weighted by atomic mass is 10.2. The van der Waals surface area contributed by atoms with Gasteiger partial charge in [0.1, 0.15) is 11.4 Å². The summed E-state index contributed by atoms with van der Waals surface area (Å²) < 4.78 is 24.8. The first kappa shape index (κ1) is 11.3. The molecule has 0 unspecified atom stereocenters. The standard InChI is InChI=1S/C8H8BrF2NO2/c9-2-4-1-5(8(10)11)7(14)6(3-13)12-4/h1,8,13-14H,2-3H2. The summed E-state index contributed by atoms with van der Waals surface area (Å²) in [7, 11) is 0. The maximum absolute atomic E-state index is 12.4. The maximum atomic E-state index is 12.4. The molecule has 0 aliphatic heterocycles. The van der Waals surface area contributed by atoms with Crippen molar-refractivity contribution in [3.63, 3.8) is 0 Å². The van der Waals surface area contributed by atoms with E-state index in [1.807, 2.05) is 0 Å². The summed E-state index contributed by atoms with van der Waals surface area (Å²) in [4.78, 5) is 3.77. The lowest BCUT2D eigenvalue weighted by Gasteiger charge is -2.08. The van der Waals surface area contributed by atoms with E-state index in [0.717, 1.165) is 6.07 Å². The number of aromatic hydroxyl groups is 1. The second kappa shape index (κ2) is 4.65. The molecule has 1 heterocycles. The van der Waals surface area contributed by atoms with Gasteiger partial charge in [0, 0.05) is 5.33 Å². The molecule has 1 aromatic rings. The summed E-state index contributed by atoms with van der Waals surface area (Å²) in [6, 6.07) is 1.11. The predicted molar refractivity (Wildman–Crippen MR) is 49.4 cm³/mol. The largest absolute Gasteiger partial charge is 0.505 e. The van der Waals surface area contributed by atoms with E-state index in [1.165, 1.54) is 0 Å². The SMILES string of the molecule is OCc1nc(CBr)cc(C(F)F)c1O. The molecule has 14 heavy (non-hydrogen) atoms. The molecule has 0 aliphatic rings. The van der Waals surface area contributed by atoms with Gasteiger partial charge in [-0.1, -0.05) is 15.9 Å². The van der Waals surface area contributed by atoms with Gasteiger partial charge >= 0.3 is 0 Å². The van der Waals surface area contributed by atoms with Crippen LogP contribution < -0.4 is 0 Å². The van der Waals surface area contributed by atoms with Gasteiger partial charge in [-0.05, 0) is 6.07 Å². The number of halogens is 3. The van der Waals surface area contributed by atoms with Crippen LogP contribution >= 0.6 is 15.9 Å². The summed E-state index contributed by atoms with van der Waals surface area (Å²) in [5, 5.41) is 18.3. The monoisotopic (exact) mass is 267 g/mol. The molecule has 0 atom stereocenters. The highest BCUT2D eigenvalue weighted by Crippen LogP contribution is 2.31. The molecule has 0 fully saturated rings. The first-order chi connectivity index (χ1) is 6.60. The fourth-order valence-corrected chi connectivity index (χ4v) is 1.31. The first-order valence-electron chi connectivity index (χ1n) is 3.76. The second-order valence-corrected chi connectivity index (χ2v) is 3.15. The number of aliphatic hydroxyl groups excluding tert-OH is 1. The zero-order valence-electron chi connectivity index (χ0n) is 7.04. The normalized spacial score (nSPS) is 10.9. The summed E-state index contributed by atoms with van der Waals surface area (Å²) in [6.45, 7) is -0.563. The highest BCUT2D eigenvalue weighted by Gasteiger charge is 2.17. The van der Waals surface area contributed by atoms with E-state index in [2.05, 4.69) is 20.9 Å². The highest BCUT2D eigenvalue weighted by atomic mass is 79.9. The molecule has 1 rings (SSSR count). The second-order valence-electron chi connectivity index (χ2n) is 2.59. The zero-order chi connectivity index (χ0) is 10.7. The number of aliphatic hydroxyl groups is 1. The van der Waals surface area contributed by atoms with Gasteiger partial charge in [-0.15, -0.1) is 0 Å². The molecule has 0 saturated carbocycles. The lowest BCUT2D eigenvalue weighted by molar-refractivity contribution is 0.146. The third-order valence-electron chi connectivity index (χ3n) is 1.67. The van der Waals surface area contributed by atoms with Crippen LogP contribution in [-0.4, -0.2) is 15.2 Å². The quantitative estimate of drug-likeness (QED) is 0.825. The predicted octanol–water partition coefficient (Wildman–Crippen LogP) is 2.11. The van der Waals surface area contributed by atoms with Crippen LogP contribution in [-0.2, 0) is 11.9 Å². The fourth-order valence-electron chi connectivity index (χ4n) is 1.02. The molecule has 2 N–H and O–H groups in total. The van der Waals surface area contributed by atoms with Crippen LogP contribution in [0.25, 0.3) is 0 Å². The van der Waals surface area contributed by atoms with Crippen LogP contribution in [0.2, 0.25) is 0 Å². The van der Waals surface area contributed by atoms with Crippen LogP contribution in [0.4, 0.5) is 8.78 Å². The molecule has 78 valence electrons. The van der Waals surface area contributed by atoms with E-state index < -0.39 is 24.3 Å². The Bertz CT molecular complexity index is 333. The topological polar surface area (TPSA) is 53.4 Å². The number of alkyl halides is 3. The Morgan fingerprint density at radius 3 is 2.57 bits per heavy atom. The summed E-state index contributed by atoms with van der Waals surface area (Å²) in [5.41, 5.74) is -0.280. The molecule has 0 radical (unpaired) electrons. The van der Waals surface area contributed by atoms with Crippen molar-refractivity contribution >= 4 is 15.9 Å². The van der Waals surface area contributed by atoms with Crippen molar-refractivity contribution in [1.82, 2.24) is 4.98 Å². The number of rotatable bonds is 3. The minimum absolute atomic E-state index is 0.128. The highest BCUT2D eigenvalue weighted by molar-refractivity contribution is 9.08. The van der Waals surface area contributed by atoms with E-state index in [0.29, 0.717) is 11.0 Å². The molecule has 6 heteroatoms. The number of pyridine rings is 1. The van der Waals surface area contributed by atoms with Crippen LogP contribution in [0.1, 0.15) is 23.4 Å². The van der Waals surface area contributed by atoms with Crippen molar-refractivity contribution in [1.29, 1.82) is 0 Å².